The highest BCUT2D eigenvalue weighted by atomic mass is 16.3. The molecule has 3 unspecified atom stereocenters. The zero-order chi connectivity index (χ0) is 13.9. The van der Waals surface area contributed by atoms with Crippen molar-refractivity contribution in [1.29, 1.82) is 0 Å². The summed E-state index contributed by atoms with van der Waals surface area (Å²) in [5, 5.41) is 15.0. The number of rotatable bonds is 5. The number of nitrogens with zero attached hydrogens (tertiary/aromatic N) is 2. The number of nitrogens with two attached hydrogens (primary N) is 1. The fraction of sp³-hybridized carbons (Fsp3) is 0.800. The standard InChI is InChI=1S/C15H27N3O/c1-3-12(2)18-9-7-13(17-18)10-15(11-16)8-5-4-6-14(15)19/h7,9,12,14,19H,3-6,8,10-11,16H2,1-2H3. The van der Waals surface area contributed by atoms with Gasteiger partial charge >= 0.3 is 0 Å². The second kappa shape index (κ2) is 6.06. The first-order valence-electron chi connectivity index (χ1n) is 7.53. The van der Waals surface area contributed by atoms with Gasteiger partial charge in [-0.1, -0.05) is 19.8 Å². The van der Waals surface area contributed by atoms with E-state index in [1.165, 1.54) is 6.42 Å². The maximum absolute atomic E-state index is 10.3. The van der Waals surface area contributed by atoms with E-state index in [0.717, 1.165) is 37.8 Å². The molecule has 0 spiro atoms. The third-order valence-corrected chi connectivity index (χ3v) is 4.75. The van der Waals surface area contributed by atoms with Gasteiger partial charge in [-0.15, -0.1) is 0 Å². The molecular weight excluding hydrogens is 238 g/mol. The van der Waals surface area contributed by atoms with E-state index in [0.29, 0.717) is 12.6 Å². The number of hydrogen-bond acceptors (Lipinski definition) is 3. The van der Waals surface area contributed by atoms with Crippen molar-refractivity contribution in [3.8, 4) is 0 Å². The highest BCUT2D eigenvalue weighted by molar-refractivity contribution is 5.07. The minimum atomic E-state index is -0.278. The molecule has 0 radical (unpaired) electrons. The van der Waals surface area contributed by atoms with Crippen molar-refractivity contribution in [2.75, 3.05) is 6.54 Å². The smallest absolute Gasteiger partial charge is 0.0631 e. The van der Waals surface area contributed by atoms with E-state index in [9.17, 15) is 5.11 Å². The molecule has 4 heteroatoms. The van der Waals surface area contributed by atoms with Crippen LogP contribution in [0.5, 0.6) is 0 Å². The summed E-state index contributed by atoms with van der Waals surface area (Å²) in [6.07, 6.45) is 7.82. The highest BCUT2D eigenvalue weighted by Gasteiger charge is 2.39. The molecule has 4 nitrogen and oxygen atoms in total. The molecule has 0 bridgehead atoms. The normalized spacial score (nSPS) is 29.4. The van der Waals surface area contributed by atoms with E-state index in [1.807, 2.05) is 10.9 Å². The molecule has 1 aromatic heterocycles. The zero-order valence-electron chi connectivity index (χ0n) is 12.2. The van der Waals surface area contributed by atoms with Crippen molar-refractivity contribution in [2.45, 2.75) is 64.5 Å². The molecule has 1 heterocycles. The van der Waals surface area contributed by atoms with Crippen LogP contribution in [0.2, 0.25) is 0 Å². The molecule has 2 rings (SSSR count). The fourth-order valence-electron chi connectivity index (χ4n) is 3.07. The maximum Gasteiger partial charge on any atom is 0.0631 e. The first-order chi connectivity index (χ1) is 9.11. The molecule has 0 aliphatic heterocycles. The summed E-state index contributed by atoms with van der Waals surface area (Å²) in [7, 11) is 0. The summed E-state index contributed by atoms with van der Waals surface area (Å²) in [4.78, 5) is 0. The second-order valence-electron chi connectivity index (χ2n) is 6.05. The summed E-state index contributed by atoms with van der Waals surface area (Å²) in [6.45, 7) is 4.88. The summed E-state index contributed by atoms with van der Waals surface area (Å²) in [5.41, 5.74) is 6.88. The predicted molar refractivity (Wildman–Crippen MR) is 76.9 cm³/mol. The SMILES string of the molecule is CCC(C)n1ccc(CC2(CN)CCCCC2O)n1. The summed E-state index contributed by atoms with van der Waals surface area (Å²) < 4.78 is 2.02. The Labute approximate surface area is 116 Å². The minimum Gasteiger partial charge on any atom is -0.392 e. The van der Waals surface area contributed by atoms with Crippen LogP contribution < -0.4 is 5.73 Å². The molecule has 1 saturated carbocycles. The lowest BCUT2D eigenvalue weighted by Crippen LogP contribution is -2.45. The van der Waals surface area contributed by atoms with Crippen LogP contribution in [0.25, 0.3) is 0 Å². The Hall–Kier alpha value is -0.870. The van der Waals surface area contributed by atoms with Crippen LogP contribution in [0.1, 0.15) is 57.7 Å². The molecule has 1 aromatic rings. The third kappa shape index (κ3) is 3.00. The van der Waals surface area contributed by atoms with Gasteiger partial charge in [0.25, 0.3) is 0 Å². The van der Waals surface area contributed by atoms with Gasteiger partial charge in [0, 0.05) is 30.6 Å². The van der Waals surface area contributed by atoms with E-state index in [-0.39, 0.29) is 11.5 Å². The quantitative estimate of drug-likeness (QED) is 0.858. The summed E-state index contributed by atoms with van der Waals surface area (Å²) in [6, 6.07) is 2.50. The number of hydrogen-bond donors (Lipinski definition) is 2. The Morgan fingerprint density at radius 3 is 3.00 bits per heavy atom. The lowest BCUT2D eigenvalue weighted by molar-refractivity contribution is -0.00655. The van der Waals surface area contributed by atoms with E-state index in [4.69, 9.17) is 5.73 Å². The van der Waals surface area contributed by atoms with Crippen molar-refractivity contribution >= 4 is 0 Å². The van der Waals surface area contributed by atoms with E-state index in [1.54, 1.807) is 0 Å². The molecule has 0 aromatic carbocycles. The highest BCUT2D eigenvalue weighted by Crippen LogP contribution is 2.38. The minimum absolute atomic E-state index is 0.160. The topological polar surface area (TPSA) is 64.1 Å². The van der Waals surface area contributed by atoms with Crippen LogP contribution in [0, 0.1) is 5.41 Å². The van der Waals surface area contributed by atoms with Crippen molar-refractivity contribution in [3.63, 3.8) is 0 Å². The number of aromatic nitrogens is 2. The molecule has 1 aliphatic carbocycles. The van der Waals surface area contributed by atoms with Crippen LogP contribution in [-0.4, -0.2) is 27.5 Å². The van der Waals surface area contributed by atoms with Gasteiger partial charge < -0.3 is 10.8 Å². The number of aliphatic hydroxyl groups excluding tert-OH is 1. The van der Waals surface area contributed by atoms with Gasteiger partial charge in [-0.05, 0) is 32.3 Å². The van der Waals surface area contributed by atoms with Crippen LogP contribution in [-0.2, 0) is 6.42 Å². The van der Waals surface area contributed by atoms with Gasteiger partial charge in [-0.2, -0.15) is 5.10 Å². The first-order valence-corrected chi connectivity index (χ1v) is 7.53. The summed E-state index contributed by atoms with van der Waals surface area (Å²) >= 11 is 0. The second-order valence-corrected chi connectivity index (χ2v) is 6.05. The predicted octanol–water partition coefficient (Wildman–Crippen LogP) is 2.28. The van der Waals surface area contributed by atoms with Crippen LogP contribution in [0.4, 0.5) is 0 Å². The largest absolute Gasteiger partial charge is 0.392 e. The molecule has 1 aliphatic rings. The maximum atomic E-state index is 10.3. The Kier molecular flexibility index (Phi) is 4.63. The Morgan fingerprint density at radius 2 is 2.37 bits per heavy atom. The van der Waals surface area contributed by atoms with E-state index < -0.39 is 0 Å². The Bertz CT molecular complexity index is 404. The van der Waals surface area contributed by atoms with Gasteiger partial charge in [0.1, 0.15) is 0 Å². The average molecular weight is 265 g/mol. The molecule has 108 valence electrons. The van der Waals surface area contributed by atoms with Gasteiger partial charge in [0.2, 0.25) is 0 Å². The first kappa shape index (κ1) is 14.5. The van der Waals surface area contributed by atoms with Crippen molar-refractivity contribution in [3.05, 3.63) is 18.0 Å². The van der Waals surface area contributed by atoms with Crippen LogP contribution in [0.15, 0.2) is 12.3 Å². The Balaban J connectivity index is 2.11. The molecule has 3 atom stereocenters. The van der Waals surface area contributed by atoms with Crippen molar-refractivity contribution in [1.82, 2.24) is 9.78 Å². The number of aliphatic hydroxyl groups is 1. The molecule has 1 fully saturated rings. The Morgan fingerprint density at radius 1 is 1.58 bits per heavy atom. The third-order valence-electron chi connectivity index (χ3n) is 4.75. The van der Waals surface area contributed by atoms with Gasteiger partial charge in [-0.3, -0.25) is 4.68 Å². The van der Waals surface area contributed by atoms with E-state index >= 15 is 0 Å². The fourth-order valence-corrected chi connectivity index (χ4v) is 3.07. The van der Waals surface area contributed by atoms with Crippen molar-refractivity contribution in [2.24, 2.45) is 11.1 Å². The van der Waals surface area contributed by atoms with E-state index in [2.05, 4.69) is 25.0 Å². The van der Waals surface area contributed by atoms with Crippen LogP contribution >= 0.6 is 0 Å². The molecule has 0 amide bonds. The zero-order valence-corrected chi connectivity index (χ0v) is 12.2. The average Bonchev–Trinajstić information content (AvgIpc) is 2.89. The molecule has 3 N–H and O–H groups in total. The van der Waals surface area contributed by atoms with Crippen molar-refractivity contribution < 1.29 is 5.11 Å². The molecule has 19 heavy (non-hydrogen) atoms. The summed E-state index contributed by atoms with van der Waals surface area (Å²) in [5.74, 6) is 0. The monoisotopic (exact) mass is 265 g/mol. The van der Waals surface area contributed by atoms with Gasteiger partial charge in [-0.25, -0.2) is 0 Å². The van der Waals surface area contributed by atoms with Gasteiger partial charge in [0.05, 0.1) is 11.8 Å². The van der Waals surface area contributed by atoms with Crippen LogP contribution in [0.3, 0.4) is 0 Å². The lowest BCUT2D eigenvalue weighted by Gasteiger charge is -2.40. The molecule has 0 saturated heterocycles. The van der Waals surface area contributed by atoms with Gasteiger partial charge in [0.15, 0.2) is 0 Å². The lowest BCUT2D eigenvalue weighted by atomic mass is 9.69. The molecular formula is C15H27N3O.